The Hall–Kier alpha value is -1.89. The number of likely N-dealkylation sites (tertiary alicyclic amines) is 1. The van der Waals surface area contributed by atoms with Crippen LogP contribution >= 0.6 is 0 Å². The number of aromatic nitrogens is 2. The van der Waals surface area contributed by atoms with E-state index in [2.05, 4.69) is 10.2 Å². The van der Waals surface area contributed by atoms with Crippen LogP contribution in [0.25, 0.3) is 0 Å². The van der Waals surface area contributed by atoms with Crippen molar-refractivity contribution in [3.8, 4) is 0 Å². The lowest BCUT2D eigenvalue weighted by Gasteiger charge is -2.36. The zero-order valence-corrected chi connectivity index (χ0v) is 13.9. The van der Waals surface area contributed by atoms with E-state index in [1.807, 2.05) is 16.0 Å². The highest BCUT2D eigenvalue weighted by atomic mass is 16.5. The Morgan fingerprint density at radius 3 is 2.71 bits per heavy atom. The van der Waals surface area contributed by atoms with Gasteiger partial charge in [0, 0.05) is 56.4 Å². The van der Waals surface area contributed by atoms with Gasteiger partial charge in [-0.15, -0.1) is 0 Å². The smallest absolute Gasteiger partial charge is 0.251 e. The summed E-state index contributed by atoms with van der Waals surface area (Å²) >= 11 is 0. The van der Waals surface area contributed by atoms with Gasteiger partial charge in [0.1, 0.15) is 6.10 Å². The van der Waals surface area contributed by atoms with Crippen molar-refractivity contribution in [2.75, 3.05) is 26.2 Å². The molecule has 1 N–H and O–H groups in total. The first-order valence-corrected chi connectivity index (χ1v) is 8.92. The van der Waals surface area contributed by atoms with Gasteiger partial charge in [-0.2, -0.15) is 5.10 Å². The molecular formula is C17H24N4O3. The standard InChI is InChI=1S/C17H24N4O3/c22-16(21-8-5-14-13(11-21)10-18-19-14)12-3-6-20(7-4-12)17(23)15-2-1-9-24-15/h10,12,15H,1-9,11H2,(H,18,19)/t15-/m0/s1. The number of nitrogens with one attached hydrogen (secondary N) is 1. The number of nitrogens with zero attached hydrogens (tertiary/aromatic N) is 3. The molecule has 4 rings (SSSR count). The molecule has 0 spiro atoms. The molecule has 2 amide bonds. The highest BCUT2D eigenvalue weighted by Gasteiger charge is 2.34. The quantitative estimate of drug-likeness (QED) is 0.865. The Morgan fingerprint density at radius 1 is 1.12 bits per heavy atom. The highest BCUT2D eigenvalue weighted by Crippen LogP contribution is 2.25. The summed E-state index contributed by atoms with van der Waals surface area (Å²) in [6.45, 7) is 3.43. The van der Waals surface area contributed by atoms with E-state index in [4.69, 9.17) is 4.74 Å². The van der Waals surface area contributed by atoms with Gasteiger partial charge in [0.15, 0.2) is 0 Å². The van der Waals surface area contributed by atoms with Gasteiger partial charge >= 0.3 is 0 Å². The van der Waals surface area contributed by atoms with Crippen molar-refractivity contribution in [2.45, 2.75) is 44.8 Å². The van der Waals surface area contributed by atoms with E-state index < -0.39 is 0 Å². The molecule has 0 aromatic carbocycles. The minimum absolute atomic E-state index is 0.0343. The topological polar surface area (TPSA) is 78.5 Å². The number of hydrogen-bond acceptors (Lipinski definition) is 4. The average Bonchev–Trinajstić information content (AvgIpc) is 3.31. The van der Waals surface area contributed by atoms with Crippen LogP contribution < -0.4 is 0 Å². The molecular weight excluding hydrogens is 308 g/mol. The van der Waals surface area contributed by atoms with Crippen molar-refractivity contribution < 1.29 is 14.3 Å². The number of amides is 2. The third-order valence-electron chi connectivity index (χ3n) is 5.47. The minimum atomic E-state index is -0.251. The number of carbonyl (C=O) groups excluding carboxylic acids is 2. The van der Waals surface area contributed by atoms with Crippen molar-refractivity contribution >= 4 is 11.8 Å². The molecule has 2 saturated heterocycles. The summed E-state index contributed by atoms with van der Waals surface area (Å²) in [5.41, 5.74) is 2.27. The van der Waals surface area contributed by atoms with Crippen LogP contribution in [0.4, 0.5) is 0 Å². The van der Waals surface area contributed by atoms with E-state index in [1.54, 1.807) is 0 Å². The van der Waals surface area contributed by atoms with Gasteiger partial charge in [-0.1, -0.05) is 0 Å². The fourth-order valence-corrected chi connectivity index (χ4v) is 3.99. The second-order valence-electron chi connectivity index (χ2n) is 6.98. The number of piperidine rings is 1. The molecule has 3 aliphatic heterocycles. The molecule has 0 saturated carbocycles. The average molecular weight is 332 g/mol. The summed E-state index contributed by atoms with van der Waals surface area (Å²) in [6, 6.07) is 0. The second kappa shape index (κ2) is 6.55. The SMILES string of the molecule is O=C(C1CCN(C(=O)[C@@H]2CCCO2)CC1)N1CCc2[nH]ncc2C1. The molecule has 2 fully saturated rings. The number of hydrogen-bond donors (Lipinski definition) is 1. The third kappa shape index (κ3) is 2.92. The molecule has 7 heteroatoms. The summed E-state index contributed by atoms with van der Waals surface area (Å²) in [7, 11) is 0. The summed E-state index contributed by atoms with van der Waals surface area (Å²) in [4.78, 5) is 29.0. The number of fused-ring (bicyclic) bond motifs is 1. The van der Waals surface area contributed by atoms with E-state index >= 15 is 0 Å². The number of aromatic amines is 1. The maximum atomic E-state index is 12.8. The first-order valence-electron chi connectivity index (χ1n) is 8.92. The van der Waals surface area contributed by atoms with Crippen LogP contribution in [0.5, 0.6) is 0 Å². The van der Waals surface area contributed by atoms with Crippen LogP contribution in [0.1, 0.15) is 36.9 Å². The van der Waals surface area contributed by atoms with Gasteiger partial charge in [0.25, 0.3) is 5.91 Å². The number of ether oxygens (including phenoxy) is 1. The van der Waals surface area contributed by atoms with Gasteiger partial charge in [0.2, 0.25) is 5.91 Å². The van der Waals surface area contributed by atoms with Crippen molar-refractivity contribution in [3.63, 3.8) is 0 Å². The first-order chi connectivity index (χ1) is 11.7. The van der Waals surface area contributed by atoms with Crippen LogP contribution in [0.2, 0.25) is 0 Å². The molecule has 0 unspecified atom stereocenters. The zero-order chi connectivity index (χ0) is 16.5. The number of carbonyl (C=O) groups is 2. The predicted molar refractivity (Wildman–Crippen MR) is 86.0 cm³/mol. The number of rotatable bonds is 2. The fourth-order valence-electron chi connectivity index (χ4n) is 3.99. The molecule has 24 heavy (non-hydrogen) atoms. The number of H-pyrrole nitrogens is 1. The Balaban J connectivity index is 1.31. The second-order valence-corrected chi connectivity index (χ2v) is 6.98. The molecule has 1 aromatic heterocycles. The molecule has 4 heterocycles. The van der Waals surface area contributed by atoms with E-state index in [0.717, 1.165) is 49.9 Å². The maximum absolute atomic E-state index is 12.8. The Morgan fingerprint density at radius 2 is 1.96 bits per heavy atom. The maximum Gasteiger partial charge on any atom is 0.251 e. The lowest BCUT2D eigenvalue weighted by atomic mass is 9.93. The molecule has 3 aliphatic rings. The fraction of sp³-hybridized carbons (Fsp3) is 0.706. The van der Waals surface area contributed by atoms with E-state index in [-0.39, 0.29) is 23.8 Å². The molecule has 1 aromatic rings. The van der Waals surface area contributed by atoms with E-state index in [0.29, 0.717) is 26.2 Å². The molecule has 7 nitrogen and oxygen atoms in total. The van der Waals surface area contributed by atoms with Crippen LogP contribution in [-0.2, 0) is 27.3 Å². The minimum Gasteiger partial charge on any atom is -0.368 e. The van der Waals surface area contributed by atoms with Gasteiger partial charge < -0.3 is 14.5 Å². The van der Waals surface area contributed by atoms with Gasteiger partial charge in [-0.3, -0.25) is 14.7 Å². The summed E-state index contributed by atoms with van der Waals surface area (Å²) in [5.74, 6) is 0.373. The van der Waals surface area contributed by atoms with Gasteiger partial charge in [0.05, 0.1) is 6.20 Å². The third-order valence-corrected chi connectivity index (χ3v) is 5.47. The molecule has 0 radical (unpaired) electrons. The van der Waals surface area contributed by atoms with Crippen molar-refractivity contribution in [3.05, 3.63) is 17.5 Å². The van der Waals surface area contributed by atoms with Crippen molar-refractivity contribution in [1.29, 1.82) is 0 Å². The van der Waals surface area contributed by atoms with E-state index in [1.165, 1.54) is 0 Å². The van der Waals surface area contributed by atoms with Crippen LogP contribution in [0.15, 0.2) is 6.20 Å². The van der Waals surface area contributed by atoms with Gasteiger partial charge in [-0.25, -0.2) is 0 Å². The highest BCUT2D eigenvalue weighted by molar-refractivity contribution is 5.82. The summed E-state index contributed by atoms with van der Waals surface area (Å²) in [5, 5.41) is 7.06. The van der Waals surface area contributed by atoms with Crippen LogP contribution in [-0.4, -0.2) is 64.2 Å². The van der Waals surface area contributed by atoms with Gasteiger partial charge in [-0.05, 0) is 25.7 Å². The van der Waals surface area contributed by atoms with Crippen LogP contribution in [0.3, 0.4) is 0 Å². The van der Waals surface area contributed by atoms with E-state index in [9.17, 15) is 9.59 Å². The lowest BCUT2D eigenvalue weighted by molar-refractivity contribution is -0.146. The molecule has 1 atom stereocenters. The zero-order valence-electron chi connectivity index (χ0n) is 13.9. The Bertz CT molecular complexity index is 615. The molecule has 0 bridgehead atoms. The predicted octanol–water partition coefficient (Wildman–Crippen LogP) is 0.712. The van der Waals surface area contributed by atoms with Crippen LogP contribution in [0, 0.1) is 5.92 Å². The molecule has 130 valence electrons. The monoisotopic (exact) mass is 332 g/mol. The largest absolute Gasteiger partial charge is 0.368 e. The lowest BCUT2D eigenvalue weighted by Crippen LogP contribution is -2.47. The Kier molecular flexibility index (Phi) is 4.26. The molecule has 0 aliphatic carbocycles. The van der Waals surface area contributed by atoms with Crippen molar-refractivity contribution in [2.24, 2.45) is 5.92 Å². The normalized spacial score (nSPS) is 24.9. The summed E-state index contributed by atoms with van der Waals surface area (Å²) < 4.78 is 5.49. The Labute approximate surface area is 141 Å². The van der Waals surface area contributed by atoms with Crippen molar-refractivity contribution in [1.82, 2.24) is 20.0 Å². The first kappa shape index (κ1) is 15.6. The summed E-state index contributed by atoms with van der Waals surface area (Å²) in [6.07, 6.45) is 5.72.